The second kappa shape index (κ2) is 4.85. The third-order valence-electron chi connectivity index (χ3n) is 3.65. The molecule has 1 aromatic carbocycles. The van der Waals surface area contributed by atoms with Crippen molar-refractivity contribution in [2.45, 2.75) is 37.6 Å². The number of aliphatic hydroxyl groups excluding tert-OH is 1. The summed E-state index contributed by atoms with van der Waals surface area (Å²) in [6, 6.07) is 7.63. The molecule has 0 radical (unpaired) electrons. The highest BCUT2D eigenvalue weighted by molar-refractivity contribution is 5.92. The molecule has 4 heteroatoms. The average molecular weight is 263 g/mol. The molecule has 0 aliphatic heterocycles. The zero-order chi connectivity index (χ0) is 14.1. The van der Waals surface area contributed by atoms with E-state index in [1.807, 2.05) is 38.1 Å². The number of carbonyl (C=O) groups is 1. The van der Waals surface area contributed by atoms with Gasteiger partial charge in [0.1, 0.15) is 5.75 Å². The van der Waals surface area contributed by atoms with Crippen LogP contribution in [-0.4, -0.2) is 30.3 Å². The van der Waals surface area contributed by atoms with E-state index in [4.69, 9.17) is 4.74 Å². The van der Waals surface area contributed by atoms with Gasteiger partial charge in [-0.25, -0.2) is 0 Å². The summed E-state index contributed by atoms with van der Waals surface area (Å²) < 4.78 is 5.35. The Morgan fingerprint density at radius 1 is 1.42 bits per heavy atom. The van der Waals surface area contributed by atoms with E-state index < -0.39 is 11.0 Å². The summed E-state index contributed by atoms with van der Waals surface area (Å²) in [7, 11) is 1.62. The fourth-order valence-corrected chi connectivity index (χ4v) is 2.25. The first-order valence-corrected chi connectivity index (χ1v) is 6.52. The van der Waals surface area contributed by atoms with Crippen LogP contribution in [0.25, 0.3) is 0 Å². The number of carbonyl (C=O) groups excluding carboxylic acids is 1. The number of hydrogen-bond acceptors (Lipinski definition) is 3. The van der Waals surface area contributed by atoms with Gasteiger partial charge >= 0.3 is 0 Å². The topological polar surface area (TPSA) is 58.6 Å². The Labute approximate surface area is 113 Å². The van der Waals surface area contributed by atoms with Gasteiger partial charge in [0.2, 0.25) is 5.91 Å². The molecule has 19 heavy (non-hydrogen) atoms. The Kier molecular flexibility index (Phi) is 3.54. The van der Waals surface area contributed by atoms with Gasteiger partial charge in [-0.3, -0.25) is 4.79 Å². The van der Waals surface area contributed by atoms with Crippen LogP contribution < -0.4 is 10.1 Å². The molecule has 0 saturated heterocycles. The minimum Gasteiger partial charge on any atom is -0.496 e. The van der Waals surface area contributed by atoms with Crippen LogP contribution in [0.2, 0.25) is 0 Å². The lowest BCUT2D eigenvalue weighted by atomic mass is 9.92. The predicted molar refractivity (Wildman–Crippen MR) is 73.2 cm³/mol. The van der Waals surface area contributed by atoms with Gasteiger partial charge in [-0.2, -0.15) is 0 Å². The Morgan fingerprint density at radius 3 is 2.58 bits per heavy atom. The van der Waals surface area contributed by atoms with Gasteiger partial charge in [0.25, 0.3) is 0 Å². The fraction of sp³-hybridized carbons (Fsp3) is 0.533. The van der Waals surface area contributed by atoms with Crippen molar-refractivity contribution >= 4 is 5.91 Å². The van der Waals surface area contributed by atoms with Gasteiger partial charge in [0.05, 0.1) is 24.7 Å². The molecule has 4 nitrogen and oxygen atoms in total. The van der Waals surface area contributed by atoms with E-state index in [0.29, 0.717) is 0 Å². The maximum Gasteiger partial charge on any atom is 0.231 e. The Balaban J connectivity index is 2.26. The van der Waals surface area contributed by atoms with Crippen molar-refractivity contribution in [3.8, 4) is 5.75 Å². The molecule has 1 saturated carbocycles. The van der Waals surface area contributed by atoms with Crippen molar-refractivity contribution in [1.82, 2.24) is 5.32 Å². The van der Waals surface area contributed by atoms with Crippen molar-refractivity contribution < 1.29 is 14.6 Å². The Morgan fingerprint density at radius 2 is 2.05 bits per heavy atom. The van der Waals surface area contributed by atoms with Crippen LogP contribution in [0.15, 0.2) is 24.3 Å². The molecule has 0 heterocycles. The molecule has 0 unspecified atom stereocenters. The molecule has 2 rings (SSSR count). The molecule has 2 N–H and O–H groups in total. The molecule has 0 aromatic heterocycles. The van der Waals surface area contributed by atoms with Crippen molar-refractivity contribution in [2.24, 2.45) is 0 Å². The second-order valence-corrected chi connectivity index (χ2v) is 5.78. The molecule has 1 aliphatic carbocycles. The normalized spacial score (nSPS) is 16.8. The minimum atomic E-state index is -0.602. The van der Waals surface area contributed by atoms with E-state index in [1.54, 1.807) is 7.11 Å². The summed E-state index contributed by atoms with van der Waals surface area (Å²) in [6.45, 7) is 3.53. The number of rotatable bonds is 5. The van der Waals surface area contributed by atoms with Gasteiger partial charge < -0.3 is 15.2 Å². The van der Waals surface area contributed by atoms with E-state index in [9.17, 15) is 9.90 Å². The van der Waals surface area contributed by atoms with Crippen LogP contribution in [-0.2, 0) is 10.2 Å². The molecule has 1 aromatic rings. The van der Waals surface area contributed by atoms with Crippen LogP contribution >= 0.6 is 0 Å². The van der Waals surface area contributed by atoms with Crippen molar-refractivity contribution in [1.29, 1.82) is 0 Å². The first-order valence-electron chi connectivity index (χ1n) is 6.52. The van der Waals surface area contributed by atoms with Crippen LogP contribution in [0, 0.1) is 0 Å². The zero-order valence-corrected chi connectivity index (χ0v) is 11.7. The summed E-state index contributed by atoms with van der Waals surface area (Å²) in [5.74, 6) is 0.716. The van der Waals surface area contributed by atoms with Crippen LogP contribution in [0.4, 0.5) is 0 Å². The number of methoxy groups -OCH3 is 1. The van der Waals surface area contributed by atoms with Gasteiger partial charge in [-0.1, -0.05) is 18.2 Å². The van der Waals surface area contributed by atoms with Gasteiger partial charge in [0, 0.05) is 5.56 Å². The van der Waals surface area contributed by atoms with E-state index in [-0.39, 0.29) is 12.5 Å². The lowest BCUT2D eigenvalue weighted by molar-refractivity contribution is -0.125. The number of amides is 1. The van der Waals surface area contributed by atoms with E-state index in [2.05, 4.69) is 5.32 Å². The lowest BCUT2D eigenvalue weighted by Gasteiger charge is -2.27. The summed E-state index contributed by atoms with van der Waals surface area (Å²) in [5.41, 5.74) is -0.156. The molecule has 1 fully saturated rings. The first-order chi connectivity index (χ1) is 8.95. The lowest BCUT2D eigenvalue weighted by Crippen LogP contribution is -2.50. The fourth-order valence-electron chi connectivity index (χ4n) is 2.25. The number of aliphatic hydroxyl groups is 1. The van der Waals surface area contributed by atoms with E-state index >= 15 is 0 Å². The van der Waals surface area contributed by atoms with Gasteiger partial charge in [-0.05, 0) is 32.8 Å². The summed E-state index contributed by atoms with van der Waals surface area (Å²) >= 11 is 0. The smallest absolute Gasteiger partial charge is 0.231 e. The van der Waals surface area contributed by atoms with Gasteiger partial charge in [0.15, 0.2) is 0 Å². The third-order valence-corrected chi connectivity index (χ3v) is 3.65. The summed E-state index contributed by atoms with van der Waals surface area (Å²) in [5, 5.41) is 12.2. The molecule has 0 bridgehead atoms. The van der Waals surface area contributed by atoms with Crippen molar-refractivity contribution in [3.63, 3.8) is 0 Å². The highest BCUT2D eigenvalue weighted by Crippen LogP contribution is 2.51. The molecule has 1 aliphatic rings. The highest BCUT2D eigenvalue weighted by Gasteiger charge is 2.53. The molecular weight excluding hydrogens is 242 g/mol. The molecule has 1 amide bonds. The second-order valence-electron chi connectivity index (χ2n) is 5.78. The third kappa shape index (κ3) is 2.59. The monoisotopic (exact) mass is 263 g/mol. The number of para-hydroxylation sites is 1. The Hall–Kier alpha value is -1.55. The predicted octanol–water partition coefficient (Wildman–Crippen LogP) is 1.61. The molecule has 0 spiro atoms. The van der Waals surface area contributed by atoms with Crippen LogP contribution in [0.3, 0.4) is 0 Å². The average Bonchev–Trinajstić information content (AvgIpc) is 3.19. The number of nitrogens with one attached hydrogen (secondary N) is 1. The zero-order valence-electron chi connectivity index (χ0n) is 11.7. The maximum absolute atomic E-state index is 12.5. The van der Waals surface area contributed by atoms with Crippen LogP contribution in [0.1, 0.15) is 32.3 Å². The van der Waals surface area contributed by atoms with E-state index in [1.165, 1.54) is 0 Å². The number of hydrogen-bond donors (Lipinski definition) is 2. The van der Waals surface area contributed by atoms with Gasteiger partial charge in [-0.15, -0.1) is 0 Å². The maximum atomic E-state index is 12.5. The quantitative estimate of drug-likeness (QED) is 0.848. The minimum absolute atomic E-state index is 0.0314. The molecule has 104 valence electrons. The summed E-state index contributed by atoms with van der Waals surface area (Å²) in [4.78, 5) is 12.5. The van der Waals surface area contributed by atoms with Crippen molar-refractivity contribution in [2.75, 3.05) is 13.7 Å². The van der Waals surface area contributed by atoms with Crippen molar-refractivity contribution in [3.05, 3.63) is 29.8 Å². The Bertz CT molecular complexity index is 478. The largest absolute Gasteiger partial charge is 0.496 e. The standard InChI is InChI=1S/C15H21NO3/c1-14(2,10-17)16-13(18)15(8-9-15)11-6-4-5-7-12(11)19-3/h4-7,17H,8-10H2,1-3H3,(H,16,18). The van der Waals surface area contributed by atoms with E-state index in [0.717, 1.165) is 24.2 Å². The number of ether oxygens (including phenoxy) is 1. The molecule has 0 atom stereocenters. The SMILES string of the molecule is COc1ccccc1C1(C(=O)NC(C)(C)CO)CC1. The first kappa shape index (κ1) is 13.9. The number of benzene rings is 1. The molecular formula is C15H21NO3. The summed E-state index contributed by atoms with van der Waals surface area (Å²) in [6.07, 6.45) is 1.64. The highest BCUT2D eigenvalue weighted by atomic mass is 16.5. The van der Waals surface area contributed by atoms with Crippen LogP contribution in [0.5, 0.6) is 5.75 Å².